The van der Waals surface area contributed by atoms with Gasteiger partial charge in [0, 0.05) is 12.5 Å². The Bertz CT molecular complexity index is 765. The second kappa shape index (κ2) is 6.71. The van der Waals surface area contributed by atoms with E-state index < -0.39 is 0 Å². The van der Waals surface area contributed by atoms with Crippen molar-refractivity contribution in [2.75, 3.05) is 20.8 Å². The Labute approximate surface area is 135 Å². The molecule has 3 N–H and O–H groups in total. The van der Waals surface area contributed by atoms with E-state index in [-0.39, 0.29) is 5.92 Å². The van der Waals surface area contributed by atoms with Crippen LogP contribution in [-0.4, -0.2) is 30.7 Å². The Morgan fingerprint density at radius 3 is 2.57 bits per heavy atom. The summed E-state index contributed by atoms with van der Waals surface area (Å²) < 4.78 is 10.6. The highest BCUT2D eigenvalue weighted by molar-refractivity contribution is 5.74. The van der Waals surface area contributed by atoms with Gasteiger partial charge in [-0.05, 0) is 36.2 Å². The highest BCUT2D eigenvalue weighted by atomic mass is 16.5. The molecule has 2 aromatic carbocycles. The number of fused-ring (bicyclic) bond motifs is 1. The molecule has 1 atom stereocenters. The average Bonchev–Trinajstić information content (AvgIpc) is 3.03. The van der Waals surface area contributed by atoms with Crippen molar-refractivity contribution in [3.8, 4) is 11.5 Å². The number of nitrogens with two attached hydrogens (primary N) is 1. The first-order valence-electron chi connectivity index (χ1n) is 7.60. The van der Waals surface area contributed by atoms with Crippen molar-refractivity contribution in [2.24, 2.45) is 5.73 Å². The fourth-order valence-corrected chi connectivity index (χ4v) is 2.75. The Morgan fingerprint density at radius 2 is 1.87 bits per heavy atom. The summed E-state index contributed by atoms with van der Waals surface area (Å²) in [6, 6.07) is 13.9. The number of para-hydroxylation sites is 2. The molecule has 0 fully saturated rings. The monoisotopic (exact) mass is 311 g/mol. The van der Waals surface area contributed by atoms with Crippen molar-refractivity contribution in [3.05, 3.63) is 53.9 Å². The third kappa shape index (κ3) is 3.14. The largest absolute Gasteiger partial charge is 0.493 e. The lowest BCUT2D eigenvalue weighted by molar-refractivity contribution is 0.354. The highest BCUT2D eigenvalue weighted by Gasteiger charge is 2.16. The minimum absolute atomic E-state index is 0.125. The van der Waals surface area contributed by atoms with Crippen LogP contribution in [0, 0.1) is 0 Å². The molecule has 0 saturated heterocycles. The number of aromatic amines is 1. The van der Waals surface area contributed by atoms with Crippen LogP contribution >= 0.6 is 0 Å². The van der Waals surface area contributed by atoms with E-state index in [1.807, 2.05) is 42.5 Å². The van der Waals surface area contributed by atoms with Crippen LogP contribution in [0.4, 0.5) is 0 Å². The Hall–Kier alpha value is -2.53. The Morgan fingerprint density at radius 1 is 1.09 bits per heavy atom. The Balaban J connectivity index is 1.87. The zero-order valence-electron chi connectivity index (χ0n) is 13.4. The molecule has 120 valence electrons. The minimum atomic E-state index is 0.125. The fourth-order valence-electron chi connectivity index (χ4n) is 2.75. The number of hydrogen-bond donors (Lipinski definition) is 2. The third-order valence-electron chi connectivity index (χ3n) is 4.01. The SMILES string of the molecule is COc1ccc(CC(CN)c2nc3ccccc3[nH]2)cc1OC. The van der Waals surface area contributed by atoms with Gasteiger partial charge in [-0.3, -0.25) is 0 Å². The summed E-state index contributed by atoms with van der Waals surface area (Å²) in [5.74, 6) is 2.50. The summed E-state index contributed by atoms with van der Waals surface area (Å²) in [6.07, 6.45) is 0.788. The van der Waals surface area contributed by atoms with E-state index in [0.29, 0.717) is 6.54 Å². The van der Waals surface area contributed by atoms with Crippen molar-refractivity contribution in [1.82, 2.24) is 9.97 Å². The summed E-state index contributed by atoms with van der Waals surface area (Å²) in [6.45, 7) is 0.522. The zero-order chi connectivity index (χ0) is 16.2. The fraction of sp³-hybridized carbons (Fsp3) is 0.278. The molecule has 1 unspecified atom stereocenters. The number of H-pyrrole nitrogens is 1. The molecule has 0 radical (unpaired) electrons. The Kier molecular flexibility index (Phi) is 4.48. The molecule has 5 heteroatoms. The first-order chi connectivity index (χ1) is 11.2. The molecule has 0 aliphatic heterocycles. The summed E-state index contributed by atoms with van der Waals surface area (Å²) in [4.78, 5) is 8.04. The van der Waals surface area contributed by atoms with Crippen molar-refractivity contribution < 1.29 is 9.47 Å². The summed E-state index contributed by atoms with van der Waals surface area (Å²) >= 11 is 0. The maximum Gasteiger partial charge on any atom is 0.160 e. The molecule has 0 aliphatic rings. The zero-order valence-corrected chi connectivity index (χ0v) is 13.4. The molecule has 1 aromatic heterocycles. The van der Waals surface area contributed by atoms with Crippen LogP contribution in [-0.2, 0) is 6.42 Å². The molecule has 0 aliphatic carbocycles. The van der Waals surface area contributed by atoms with Crippen molar-refractivity contribution in [1.29, 1.82) is 0 Å². The van der Waals surface area contributed by atoms with Crippen LogP contribution in [0.3, 0.4) is 0 Å². The molecular formula is C18H21N3O2. The quantitative estimate of drug-likeness (QED) is 0.734. The van der Waals surface area contributed by atoms with E-state index in [2.05, 4.69) is 9.97 Å². The second-order valence-corrected chi connectivity index (χ2v) is 5.47. The van der Waals surface area contributed by atoms with E-state index in [1.54, 1.807) is 14.2 Å². The van der Waals surface area contributed by atoms with E-state index >= 15 is 0 Å². The van der Waals surface area contributed by atoms with Gasteiger partial charge >= 0.3 is 0 Å². The van der Waals surface area contributed by atoms with Crippen molar-refractivity contribution >= 4 is 11.0 Å². The third-order valence-corrected chi connectivity index (χ3v) is 4.01. The number of hydrogen-bond acceptors (Lipinski definition) is 4. The molecule has 0 saturated carbocycles. The number of imidazole rings is 1. The number of benzene rings is 2. The number of rotatable bonds is 6. The van der Waals surface area contributed by atoms with Crippen molar-refractivity contribution in [3.63, 3.8) is 0 Å². The summed E-state index contributed by atoms with van der Waals surface area (Å²) in [5, 5.41) is 0. The van der Waals surface area contributed by atoms with Crippen LogP contribution in [0.1, 0.15) is 17.3 Å². The van der Waals surface area contributed by atoms with Gasteiger partial charge in [0.2, 0.25) is 0 Å². The number of ether oxygens (including phenoxy) is 2. The van der Waals surface area contributed by atoms with Gasteiger partial charge < -0.3 is 20.2 Å². The molecule has 0 bridgehead atoms. The van der Waals surface area contributed by atoms with Gasteiger partial charge in [-0.2, -0.15) is 0 Å². The molecule has 0 spiro atoms. The van der Waals surface area contributed by atoms with Crippen LogP contribution in [0.15, 0.2) is 42.5 Å². The lowest BCUT2D eigenvalue weighted by atomic mass is 9.98. The predicted molar refractivity (Wildman–Crippen MR) is 91.1 cm³/mol. The van der Waals surface area contributed by atoms with Gasteiger partial charge in [0.05, 0.1) is 25.3 Å². The molecule has 0 amide bonds. The first kappa shape index (κ1) is 15.4. The van der Waals surface area contributed by atoms with Crippen molar-refractivity contribution in [2.45, 2.75) is 12.3 Å². The summed E-state index contributed by atoms with van der Waals surface area (Å²) in [5.41, 5.74) is 9.12. The highest BCUT2D eigenvalue weighted by Crippen LogP contribution is 2.29. The van der Waals surface area contributed by atoms with Crippen LogP contribution < -0.4 is 15.2 Å². The van der Waals surface area contributed by atoms with Gasteiger partial charge in [-0.25, -0.2) is 4.98 Å². The first-order valence-corrected chi connectivity index (χ1v) is 7.60. The van der Waals surface area contributed by atoms with Crippen LogP contribution in [0.2, 0.25) is 0 Å². The molecule has 3 rings (SSSR count). The molecule has 5 nitrogen and oxygen atoms in total. The van der Waals surface area contributed by atoms with E-state index in [4.69, 9.17) is 15.2 Å². The predicted octanol–water partition coefficient (Wildman–Crippen LogP) is 2.87. The lowest BCUT2D eigenvalue weighted by Crippen LogP contribution is -2.16. The van der Waals surface area contributed by atoms with Gasteiger partial charge in [0.15, 0.2) is 11.5 Å². The standard InChI is InChI=1S/C18H21N3O2/c1-22-16-8-7-12(10-17(16)23-2)9-13(11-19)18-20-14-5-3-4-6-15(14)21-18/h3-8,10,13H,9,11,19H2,1-2H3,(H,20,21). The molecular weight excluding hydrogens is 290 g/mol. The van der Waals surface area contributed by atoms with E-state index in [9.17, 15) is 0 Å². The van der Waals surface area contributed by atoms with E-state index in [1.165, 1.54) is 0 Å². The summed E-state index contributed by atoms with van der Waals surface area (Å²) in [7, 11) is 3.27. The molecule has 23 heavy (non-hydrogen) atoms. The van der Waals surface area contributed by atoms with Crippen LogP contribution in [0.5, 0.6) is 11.5 Å². The van der Waals surface area contributed by atoms with Crippen LogP contribution in [0.25, 0.3) is 11.0 Å². The topological polar surface area (TPSA) is 73.2 Å². The van der Waals surface area contributed by atoms with Gasteiger partial charge in [0.25, 0.3) is 0 Å². The lowest BCUT2D eigenvalue weighted by Gasteiger charge is -2.14. The number of nitrogens with one attached hydrogen (secondary N) is 1. The smallest absolute Gasteiger partial charge is 0.160 e. The maximum atomic E-state index is 5.99. The maximum absolute atomic E-state index is 5.99. The van der Waals surface area contributed by atoms with E-state index in [0.717, 1.165) is 40.3 Å². The minimum Gasteiger partial charge on any atom is -0.493 e. The second-order valence-electron chi connectivity index (χ2n) is 5.47. The number of aromatic nitrogens is 2. The van der Waals surface area contributed by atoms with Gasteiger partial charge in [0.1, 0.15) is 5.82 Å². The average molecular weight is 311 g/mol. The van der Waals surface area contributed by atoms with Gasteiger partial charge in [-0.1, -0.05) is 18.2 Å². The molecule has 3 aromatic rings. The van der Waals surface area contributed by atoms with Gasteiger partial charge in [-0.15, -0.1) is 0 Å². The molecule has 1 heterocycles. The normalized spacial score (nSPS) is 12.3. The number of methoxy groups -OCH3 is 2. The number of nitrogens with zero attached hydrogens (tertiary/aromatic N) is 1.